The first-order valence-corrected chi connectivity index (χ1v) is 5.06. The van der Waals surface area contributed by atoms with E-state index in [0.717, 1.165) is 25.7 Å². The Bertz CT molecular complexity index is 160. The van der Waals surface area contributed by atoms with Crippen molar-refractivity contribution in [2.75, 3.05) is 6.61 Å². The molecule has 4 heteroatoms. The molecule has 0 amide bonds. The fraction of sp³-hybridized carbons (Fsp3) is 0.900. The summed E-state index contributed by atoms with van der Waals surface area (Å²) < 4.78 is 28.0. The van der Waals surface area contributed by atoms with Crippen molar-refractivity contribution in [1.29, 1.82) is 0 Å². The number of unbranched alkanes of at least 4 members (excludes halogenated alkanes) is 1. The van der Waals surface area contributed by atoms with Gasteiger partial charge in [-0.2, -0.15) is 8.78 Å². The minimum atomic E-state index is -3.00. The first kappa shape index (κ1) is 13.3. The second kappa shape index (κ2) is 7.71. The third kappa shape index (κ3) is 5.89. The van der Waals surface area contributed by atoms with Gasteiger partial charge in [-0.05, 0) is 12.3 Å². The molecule has 0 spiro atoms. The Kier molecular flexibility index (Phi) is 7.34. The highest BCUT2D eigenvalue weighted by Gasteiger charge is 2.18. The monoisotopic (exact) mass is 208 g/mol. The summed E-state index contributed by atoms with van der Waals surface area (Å²) in [6.07, 6.45) is 0.906. The van der Waals surface area contributed by atoms with E-state index in [1.807, 2.05) is 6.92 Å². The maximum Gasteiger partial charge on any atom is 0.373 e. The van der Waals surface area contributed by atoms with Crippen molar-refractivity contribution in [2.45, 2.75) is 46.0 Å². The Hall–Kier alpha value is -0.670. The third-order valence-electron chi connectivity index (χ3n) is 2.18. The molecule has 0 aliphatic rings. The van der Waals surface area contributed by atoms with Crippen LogP contribution in [0.25, 0.3) is 0 Å². The fourth-order valence-corrected chi connectivity index (χ4v) is 1.16. The molecule has 0 heterocycles. The Labute approximate surface area is 83.6 Å². The number of alkyl halides is 2. The molecule has 0 bridgehead atoms. The standard InChI is InChI=1S/C10H18F2O2/c1-3-5-6-8(4-2)7-14-10(13)9(11)12/h8-9H,3-7H2,1-2H3. The van der Waals surface area contributed by atoms with Crippen molar-refractivity contribution in [3.05, 3.63) is 0 Å². The number of halogens is 2. The smallest absolute Gasteiger partial charge is 0.373 e. The van der Waals surface area contributed by atoms with Gasteiger partial charge in [0, 0.05) is 0 Å². The van der Waals surface area contributed by atoms with Crippen LogP contribution in [0.5, 0.6) is 0 Å². The van der Waals surface area contributed by atoms with E-state index in [4.69, 9.17) is 0 Å². The summed E-state index contributed by atoms with van der Waals surface area (Å²) in [5.41, 5.74) is 0. The minimum absolute atomic E-state index is 0.125. The molecule has 0 radical (unpaired) electrons. The second-order valence-electron chi connectivity index (χ2n) is 3.35. The van der Waals surface area contributed by atoms with Crippen LogP contribution < -0.4 is 0 Å². The van der Waals surface area contributed by atoms with Gasteiger partial charge in [-0.15, -0.1) is 0 Å². The average molecular weight is 208 g/mol. The maximum atomic E-state index is 11.8. The minimum Gasteiger partial charge on any atom is -0.461 e. The van der Waals surface area contributed by atoms with E-state index in [2.05, 4.69) is 11.7 Å². The van der Waals surface area contributed by atoms with Crippen LogP contribution in [-0.2, 0) is 9.53 Å². The number of hydrogen-bond acceptors (Lipinski definition) is 2. The largest absolute Gasteiger partial charge is 0.461 e. The molecule has 0 fully saturated rings. The van der Waals surface area contributed by atoms with Crippen LogP contribution in [0, 0.1) is 5.92 Å². The van der Waals surface area contributed by atoms with Crippen molar-refractivity contribution in [1.82, 2.24) is 0 Å². The number of hydrogen-bond donors (Lipinski definition) is 0. The molecule has 14 heavy (non-hydrogen) atoms. The molecule has 84 valence electrons. The van der Waals surface area contributed by atoms with Gasteiger partial charge in [-0.3, -0.25) is 0 Å². The summed E-state index contributed by atoms with van der Waals surface area (Å²) >= 11 is 0. The quantitative estimate of drug-likeness (QED) is 0.601. The van der Waals surface area contributed by atoms with Crippen LogP contribution in [0.2, 0.25) is 0 Å². The van der Waals surface area contributed by atoms with Crippen LogP contribution in [-0.4, -0.2) is 19.0 Å². The van der Waals surface area contributed by atoms with Crippen LogP contribution in [0.15, 0.2) is 0 Å². The lowest BCUT2D eigenvalue weighted by molar-refractivity contribution is -0.157. The zero-order valence-corrected chi connectivity index (χ0v) is 8.76. The van der Waals surface area contributed by atoms with Gasteiger partial charge in [0.1, 0.15) is 0 Å². The molecule has 0 aromatic rings. The zero-order chi connectivity index (χ0) is 11.0. The number of carbonyl (C=O) groups is 1. The first-order chi connectivity index (χ1) is 6.61. The first-order valence-electron chi connectivity index (χ1n) is 5.06. The summed E-state index contributed by atoms with van der Waals surface area (Å²) in [5, 5.41) is 0. The lowest BCUT2D eigenvalue weighted by Crippen LogP contribution is -2.19. The van der Waals surface area contributed by atoms with Crippen LogP contribution in [0.1, 0.15) is 39.5 Å². The summed E-state index contributed by atoms with van der Waals surface area (Å²) in [6, 6.07) is 0. The van der Waals surface area contributed by atoms with Crippen molar-refractivity contribution in [3.8, 4) is 0 Å². The highest BCUT2D eigenvalue weighted by Crippen LogP contribution is 2.13. The van der Waals surface area contributed by atoms with Gasteiger partial charge in [0.05, 0.1) is 6.61 Å². The number of ether oxygens (including phenoxy) is 1. The van der Waals surface area contributed by atoms with Gasteiger partial charge in [-0.25, -0.2) is 4.79 Å². The molecular weight excluding hydrogens is 190 g/mol. The number of esters is 1. The maximum absolute atomic E-state index is 11.8. The van der Waals surface area contributed by atoms with Crippen LogP contribution in [0.4, 0.5) is 8.78 Å². The van der Waals surface area contributed by atoms with Gasteiger partial charge < -0.3 is 4.74 Å². The number of carbonyl (C=O) groups excluding carboxylic acids is 1. The molecule has 0 saturated heterocycles. The summed E-state index contributed by atoms with van der Waals surface area (Å²) in [6.45, 7) is 4.16. The van der Waals surface area contributed by atoms with Crippen molar-refractivity contribution in [3.63, 3.8) is 0 Å². The van der Waals surface area contributed by atoms with Crippen LogP contribution >= 0.6 is 0 Å². The van der Waals surface area contributed by atoms with E-state index >= 15 is 0 Å². The third-order valence-corrected chi connectivity index (χ3v) is 2.18. The molecule has 2 nitrogen and oxygen atoms in total. The predicted octanol–water partition coefficient (Wildman–Crippen LogP) is 3.01. The normalized spacial score (nSPS) is 12.9. The van der Waals surface area contributed by atoms with E-state index in [9.17, 15) is 13.6 Å². The van der Waals surface area contributed by atoms with Crippen LogP contribution in [0.3, 0.4) is 0 Å². The molecule has 0 rings (SSSR count). The SMILES string of the molecule is CCCCC(CC)COC(=O)C(F)F. The molecule has 0 aromatic carbocycles. The van der Waals surface area contributed by atoms with Gasteiger partial charge in [0.2, 0.25) is 0 Å². The van der Waals surface area contributed by atoms with Crippen molar-refractivity contribution >= 4 is 5.97 Å². The Morgan fingerprint density at radius 1 is 1.36 bits per heavy atom. The highest BCUT2D eigenvalue weighted by molar-refractivity contribution is 5.72. The summed E-state index contributed by atoms with van der Waals surface area (Å²) in [5.74, 6) is -1.18. The molecule has 0 aromatic heterocycles. The van der Waals surface area contributed by atoms with Crippen molar-refractivity contribution < 1.29 is 18.3 Å². The molecule has 0 N–H and O–H groups in total. The molecular formula is C10H18F2O2. The second-order valence-corrected chi connectivity index (χ2v) is 3.35. The molecule has 0 aliphatic heterocycles. The average Bonchev–Trinajstić information content (AvgIpc) is 2.17. The Balaban J connectivity index is 3.66. The topological polar surface area (TPSA) is 26.3 Å². The number of rotatable bonds is 7. The van der Waals surface area contributed by atoms with E-state index in [0.29, 0.717) is 0 Å². The Morgan fingerprint density at radius 3 is 2.43 bits per heavy atom. The van der Waals surface area contributed by atoms with E-state index < -0.39 is 12.4 Å². The van der Waals surface area contributed by atoms with E-state index in [1.165, 1.54) is 0 Å². The van der Waals surface area contributed by atoms with E-state index in [1.54, 1.807) is 0 Å². The lowest BCUT2D eigenvalue weighted by atomic mass is 10.0. The molecule has 0 aliphatic carbocycles. The van der Waals surface area contributed by atoms with Gasteiger partial charge in [-0.1, -0.05) is 33.1 Å². The summed E-state index contributed by atoms with van der Waals surface area (Å²) in [4.78, 5) is 10.5. The predicted molar refractivity (Wildman–Crippen MR) is 50.3 cm³/mol. The van der Waals surface area contributed by atoms with Crippen molar-refractivity contribution in [2.24, 2.45) is 5.92 Å². The lowest BCUT2D eigenvalue weighted by Gasteiger charge is -2.14. The zero-order valence-electron chi connectivity index (χ0n) is 8.76. The van der Waals surface area contributed by atoms with Gasteiger partial charge in [0.15, 0.2) is 0 Å². The fourth-order valence-electron chi connectivity index (χ4n) is 1.16. The molecule has 1 unspecified atom stereocenters. The summed E-state index contributed by atoms with van der Waals surface area (Å²) in [7, 11) is 0. The molecule has 1 atom stereocenters. The molecule has 0 saturated carbocycles. The van der Waals surface area contributed by atoms with Gasteiger partial charge in [0.25, 0.3) is 0 Å². The van der Waals surface area contributed by atoms with Gasteiger partial charge >= 0.3 is 12.4 Å². The van der Waals surface area contributed by atoms with E-state index in [-0.39, 0.29) is 12.5 Å². The highest BCUT2D eigenvalue weighted by atomic mass is 19.3. The Morgan fingerprint density at radius 2 is 2.00 bits per heavy atom.